The highest BCUT2D eigenvalue weighted by molar-refractivity contribution is 5.71. The van der Waals surface area contributed by atoms with Gasteiger partial charge in [-0.25, -0.2) is 0 Å². The minimum absolute atomic E-state index is 0.0556. The van der Waals surface area contributed by atoms with Crippen LogP contribution in [-0.2, 0) is 0 Å². The summed E-state index contributed by atoms with van der Waals surface area (Å²) in [7, 11) is 1.82. The first kappa shape index (κ1) is 5.31. The second-order valence-corrected chi connectivity index (χ2v) is 1.45. The maximum absolute atomic E-state index is 3.96. The SMILES string of the molecule is CNC1[N]C=CC=N1. The minimum atomic E-state index is -0.0556. The van der Waals surface area contributed by atoms with E-state index >= 15 is 0 Å². The highest BCUT2D eigenvalue weighted by Gasteiger charge is 1.99. The van der Waals surface area contributed by atoms with Gasteiger partial charge in [0.25, 0.3) is 0 Å². The van der Waals surface area contributed by atoms with E-state index in [1.54, 1.807) is 18.5 Å². The van der Waals surface area contributed by atoms with Crippen molar-refractivity contribution in [1.82, 2.24) is 10.6 Å². The molecule has 3 heteroatoms. The van der Waals surface area contributed by atoms with Crippen LogP contribution in [0.1, 0.15) is 0 Å². The molecule has 0 amide bonds. The number of hydrogen-bond donors (Lipinski definition) is 1. The van der Waals surface area contributed by atoms with Gasteiger partial charge in [0.1, 0.15) is 0 Å². The van der Waals surface area contributed by atoms with Crippen molar-refractivity contribution in [3.63, 3.8) is 0 Å². The second-order valence-electron chi connectivity index (χ2n) is 1.45. The molecule has 0 aromatic heterocycles. The van der Waals surface area contributed by atoms with E-state index in [9.17, 15) is 0 Å². The normalized spacial score (nSPS) is 25.4. The lowest BCUT2D eigenvalue weighted by molar-refractivity contribution is 0.526. The molecule has 0 saturated heterocycles. The molecule has 0 aromatic carbocycles. The third-order valence-electron chi connectivity index (χ3n) is 0.885. The van der Waals surface area contributed by atoms with Crippen molar-refractivity contribution in [2.24, 2.45) is 4.99 Å². The first-order valence-corrected chi connectivity index (χ1v) is 2.49. The summed E-state index contributed by atoms with van der Waals surface area (Å²) in [6.45, 7) is 0. The number of nitrogens with one attached hydrogen (secondary N) is 1. The van der Waals surface area contributed by atoms with E-state index in [-0.39, 0.29) is 6.29 Å². The fourth-order valence-electron chi connectivity index (χ4n) is 0.488. The zero-order chi connectivity index (χ0) is 5.82. The molecule has 43 valence electrons. The zero-order valence-corrected chi connectivity index (χ0v) is 4.70. The van der Waals surface area contributed by atoms with Gasteiger partial charge >= 0.3 is 0 Å². The van der Waals surface area contributed by atoms with E-state index in [4.69, 9.17) is 0 Å². The Morgan fingerprint density at radius 1 is 1.62 bits per heavy atom. The van der Waals surface area contributed by atoms with Gasteiger partial charge in [-0.15, -0.1) is 0 Å². The number of aliphatic imine (C=N–C) groups is 1. The molecule has 0 saturated carbocycles. The minimum Gasteiger partial charge on any atom is -0.280 e. The Balaban J connectivity index is 2.40. The van der Waals surface area contributed by atoms with Crippen LogP contribution < -0.4 is 10.6 Å². The summed E-state index contributed by atoms with van der Waals surface area (Å²) in [4.78, 5) is 3.96. The largest absolute Gasteiger partial charge is 0.280 e. The molecular formula is C5H8N3. The van der Waals surface area contributed by atoms with Gasteiger partial charge in [-0.3, -0.25) is 15.6 Å². The average molecular weight is 110 g/mol. The lowest BCUT2D eigenvalue weighted by Crippen LogP contribution is -2.31. The lowest BCUT2D eigenvalue weighted by atomic mass is 10.6. The van der Waals surface area contributed by atoms with Crippen molar-refractivity contribution >= 4 is 6.21 Å². The van der Waals surface area contributed by atoms with E-state index in [1.165, 1.54) is 0 Å². The van der Waals surface area contributed by atoms with Gasteiger partial charge in [0.15, 0.2) is 6.29 Å². The van der Waals surface area contributed by atoms with Crippen molar-refractivity contribution in [3.8, 4) is 0 Å². The van der Waals surface area contributed by atoms with Gasteiger partial charge in [0.05, 0.1) is 0 Å². The summed E-state index contributed by atoms with van der Waals surface area (Å²) < 4.78 is 0. The van der Waals surface area contributed by atoms with Gasteiger partial charge in [0.2, 0.25) is 0 Å². The molecule has 3 nitrogen and oxygen atoms in total. The Labute approximate surface area is 48.5 Å². The molecule has 1 unspecified atom stereocenters. The molecule has 0 fully saturated rings. The van der Waals surface area contributed by atoms with Gasteiger partial charge in [-0.2, -0.15) is 0 Å². The van der Waals surface area contributed by atoms with Crippen LogP contribution in [0, 0.1) is 0 Å². The monoisotopic (exact) mass is 110 g/mol. The van der Waals surface area contributed by atoms with Gasteiger partial charge in [0, 0.05) is 12.4 Å². The molecule has 1 N–H and O–H groups in total. The van der Waals surface area contributed by atoms with Crippen LogP contribution >= 0.6 is 0 Å². The first-order chi connectivity index (χ1) is 3.93. The fourth-order valence-corrected chi connectivity index (χ4v) is 0.488. The maximum atomic E-state index is 3.96. The summed E-state index contributed by atoms with van der Waals surface area (Å²) in [5.74, 6) is 0. The second kappa shape index (κ2) is 2.47. The van der Waals surface area contributed by atoms with Crippen LogP contribution in [0.25, 0.3) is 0 Å². The molecule has 1 atom stereocenters. The molecule has 1 radical (unpaired) electrons. The van der Waals surface area contributed by atoms with E-state index in [2.05, 4.69) is 15.6 Å². The summed E-state index contributed by atoms with van der Waals surface area (Å²) >= 11 is 0. The summed E-state index contributed by atoms with van der Waals surface area (Å²) in [5, 5.41) is 6.85. The highest BCUT2D eigenvalue weighted by atomic mass is 15.2. The number of hydrogen-bond acceptors (Lipinski definition) is 2. The van der Waals surface area contributed by atoms with Crippen LogP contribution in [0.4, 0.5) is 0 Å². The fraction of sp³-hybridized carbons (Fsp3) is 0.400. The van der Waals surface area contributed by atoms with Gasteiger partial charge < -0.3 is 0 Å². The lowest BCUT2D eigenvalue weighted by Gasteiger charge is -2.09. The summed E-state index contributed by atoms with van der Waals surface area (Å²) in [6, 6.07) is 0. The molecule has 0 aliphatic carbocycles. The van der Waals surface area contributed by atoms with Crippen molar-refractivity contribution < 1.29 is 0 Å². The Kier molecular flexibility index (Phi) is 1.64. The Morgan fingerprint density at radius 3 is 2.88 bits per heavy atom. The van der Waals surface area contributed by atoms with Crippen molar-refractivity contribution in [2.75, 3.05) is 7.05 Å². The van der Waals surface area contributed by atoms with Crippen molar-refractivity contribution in [3.05, 3.63) is 12.3 Å². The van der Waals surface area contributed by atoms with Crippen LogP contribution in [0.5, 0.6) is 0 Å². The van der Waals surface area contributed by atoms with Crippen LogP contribution in [-0.4, -0.2) is 19.6 Å². The average Bonchev–Trinajstić information content (AvgIpc) is 1.90. The topological polar surface area (TPSA) is 38.5 Å². The summed E-state index contributed by atoms with van der Waals surface area (Å²) in [6.07, 6.45) is 5.20. The molecule has 8 heavy (non-hydrogen) atoms. The van der Waals surface area contributed by atoms with E-state index < -0.39 is 0 Å². The van der Waals surface area contributed by atoms with Gasteiger partial charge in [-0.1, -0.05) is 0 Å². The molecule has 1 aliphatic heterocycles. The zero-order valence-electron chi connectivity index (χ0n) is 4.70. The highest BCUT2D eigenvalue weighted by Crippen LogP contribution is 1.85. The van der Waals surface area contributed by atoms with Crippen LogP contribution in [0.3, 0.4) is 0 Å². The third-order valence-corrected chi connectivity index (χ3v) is 0.885. The first-order valence-electron chi connectivity index (χ1n) is 2.49. The third kappa shape index (κ3) is 1.07. The van der Waals surface area contributed by atoms with Gasteiger partial charge in [-0.05, 0) is 13.1 Å². The van der Waals surface area contributed by atoms with Crippen LogP contribution in [0.2, 0.25) is 0 Å². The Bertz CT molecular complexity index is 117. The maximum Gasteiger partial charge on any atom is 0.193 e. The Hall–Kier alpha value is -0.830. The smallest absolute Gasteiger partial charge is 0.193 e. The standard InChI is InChI=1S/C5H8N3/c1-6-5-7-3-2-4-8-5/h2-6H,1H3. The predicted molar refractivity (Wildman–Crippen MR) is 32.6 cm³/mol. The molecular weight excluding hydrogens is 102 g/mol. The number of nitrogens with zero attached hydrogens (tertiary/aromatic N) is 2. The molecule has 1 rings (SSSR count). The summed E-state index contributed by atoms with van der Waals surface area (Å²) in [5.41, 5.74) is 0. The van der Waals surface area contributed by atoms with E-state index in [0.717, 1.165) is 0 Å². The van der Waals surface area contributed by atoms with E-state index in [0.29, 0.717) is 0 Å². The molecule has 0 bridgehead atoms. The number of allylic oxidation sites excluding steroid dienone is 1. The number of rotatable bonds is 1. The Morgan fingerprint density at radius 2 is 2.50 bits per heavy atom. The van der Waals surface area contributed by atoms with Crippen LogP contribution in [0.15, 0.2) is 17.3 Å². The predicted octanol–water partition coefficient (Wildman–Crippen LogP) is -0.308. The van der Waals surface area contributed by atoms with Crippen molar-refractivity contribution in [2.45, 2.75) is 6.29 Å². The molecule has 1 aliphatic rings. The molecule has 1 heterocycles. The molecule has 0 spiro atoms. The quantitative estimate of drug-likeness (QED) is 0.494. The van der Waals surface area contributed by atoms with E-state index in [1.807, 2.05) is 7.05 Å². The molecule has 0 aromatic rings. The van der Waals surface area contributed by atoms with Crippen molar-refractivity contribution in [1.29, 1.82) is 0 Å².